The average Bonchev–Trinajstić information content (AvgIpc) is 2.59. The minimum atomic E-state index is 0.338. The molecule has 1 rings (SSSR count). The van der Waals surface area contributed by atoms with Crippen molar-refractivity contribution in [3.05, 3.63) is 22.4 Å². The standard InChI is InChI=1S/C11H19NS/c1-3-10(4-2)11(12)7-9-5-6-13-8-9/h5-6,8,10-11H,3-4,7,12H2,1-2H3. The Balaban J connectivity index is 2.44. The quantitative estimate of drug-likeness (QED) is 0.771. The lowest BCUT2D eigenvalue weighted by Crippen LogP contribution is -2.31. The first-order valence-electron chi connectivity index (χ1n) is 5.04. The van der Waals surface area contributed by atoms with Gasteiger partial charge in [0, 0.05) is 6.04 Å². The van der Waals surface area contributed by atoms with Crippen LogP contribution in [-0.4, -0.2) is 6.04 Å². The van der Waals surface area contributed by atoms with Crippen molar-refractivity contribution < 1.29 is 0 Å². The smallest absolute Gasteiger partial charge is 0.0108 e. The van der Waals surface area contributed by atoms with Gasteiger partial charge in [0.2, 0.25) is 0 Å². The summed E-state index contributed by atoms with van der Waals surface area (Å²) in [5.41, 5.74) is 7.53. The van der Waals surface area contributed by atoms with E-state index >= 15 is 0 Å². The number of hydrogen-bond acceptors (Lipinski definition) is 2. The summed E-state index contributed by atoms with van der Waals surface area (Å²) in [6.45, 7) is 4.45. The van der Waals surface area contributed by atoms with E-state index in [9.17, 15) is 0 Å². The summed E-state index contributed by atoms with van der Waals surface area (Å²) < 4.78 is 0. The average molecular weight is 197 g/mol. The van der Waals surface area contributed by atoms with Gasteiger partial charge in [-0.15, -0.1) is 0 Å². The molecule has 0 aromatic carbocycles. The summed E-state index contributed by atoms with van der Waals surface area (Å²) in [5, 5.41) is 4.32. The highest BCUT2D eigenvalue weighted by Crippen LogP contribution is 2.16. The lowest BCUT2D eigenvalue weighted by molar-refractivity contribution is 0.394. The summed E-state index contributed by atoms with van der Waals surface area (Å²) in [6.07, 6.45) is 3.43. The van der Waals surface area contributed by atoms with Gasteiger partial charge in [0.25, 0.3) is 0 Å². The van der Waals surface area contributed by atoms with Crippen LogP contribution in [0.5, 0.6) is 0 Å². The van der Waals surface area contributed by atoms with E-state index in [0.29, 0.717) is 12.0 Å². The van der Waals surface area contributed by atoms with Gasteiger partial charge >= 0.3 is 0 Å². The normalized spacial score (nSPS) is 13.5. The maximum Gasteiger partial charge on any atom is 0.0108 e. The van der Waals surface area contributed by atoms with Crippen LogP contribution in [-0.2, 0) is 6.42 Å². The second-order valence-corrected chi connectivity index (χ2v) is 4.36. The molecule has 1 nitrogen and oxygen atoms in total. The van der Waals surface area contributed by atoms with E-state index in [0.717, 1.165) is 6.42 Å². The van der Waals surface area contributed by atoms with Gasteiger partial charge in [-0.1, -0.05) is 26.7 Å². The third-order valence-corrected chi connectivity index (χ3v) is 3.44. The number of nitrogens with two attached hydrogens (primary N) is 1. The molecule has 0 aliphatic carbocycles. The fourth-order valence-corrected chi connectivity index (χ4v) is 2.42. The fourth-order valence-electron chi connectivity index (χ4n) is 1.74. The van der Waals surface area contributed by atoms with E-state index in [1.807, 2.05) is 0 Å². The highest BCUT2D eigenvalue weighted by molar-refractivity contribution is 7.07. The molecule has 0 aliphatic rings. The van der Waals surface area contributed by atoms with Crippen molar-refractivity contribution in [3.63, 3.8) is 0 Å². The predicted octanol–water partition coefficient (Wildman–Crippen LogP) is 3.05. The molecule has 13 heavy (non-hydrogen) atoms. The highest BCUT2D eigenvalue weighted by atomic mass is 32.1. The van der Waals surface area contributed by atoms with Gasteiger partial charge < -0.3 is 5.73 Å². The van der Waals surface area contributed by atoms with Crippen LogP contribution in [0.2, 0.25) is 0 Å². The molecular weight excluding hydrogens is 178 g/mol. The molecule has 0 fully saturated rings. The van der Waals surface area contributed by atoms with Crippen molar-refractivity contribution >= 4 is 11.3 Å². The summed E-state index contributed by atoms with van der Waals surface area (Å²) in [6, 6.07) is 2.51. The Morgan fingerprint density at radius 1 is 1.38 bits per heavy atom. The minimum Gasteiger partial charge on any atom is -0.327 e. The first kappa shape index (κ1) is 10.7. The van der Waals surface area contributed by atoms with Crippen LogP contribution >= 0.6 is 11.3 Å². The van der Waals surface area contributed by atoms with Gasteiger partial charge in [-0.3, -0.25) is 0 Å². The molecule has 2 N–H and O–H groups in total. The SMILES string of the molecule is CCC(CC)C(N)Cc1ccsc1. The molecule has 1 unspecified atom stereocenters. The molecule has 0 spiro atoms. The van der Waals surface area contributed by atoms with E-state index in [-0.39, 0.29) is 0 Å². The maximum absolute atomic E-state index is 6.13. The third kappa shape index (κ3) is 3.12. The van der Waals surface area contributed by atoms with Gasteiger partial charge in [0.15, 0.2) is 0 Å². The van der Waals surface area contributed by atoms with Crippen LogP contribution in [0.15, 0.2) is 16.8 Å². The van der Waals surface area contributed by atoms with Crippen molar-refractivity contribution in [1.29, 1.82) is 0 Å². The lowest BCUT2D eigenvalue weighted by atomic mass is 9.91. The second kappa shape index (κ2) is 5.40. The molecule has 1 atom stereocenters. The maximum atomic E-state index is 6.13. The van der Waals surface area contributed by atoms with Gasteiger partial charge in [0.1, 0.15) is 0 Å². The van der Waals surface area contributed by atoms with Crippen LogP contribution in [0, 0.1) is 5.92 Å². The zero-order chi connectivity index (χ0) is 9.68. The Kier molecular flexibility index (Phi) is 4.46. The summed E-state index contributed by atoms with van der Waals surface area (Å²) in [7, 11) is 0. The molecule has 0 radical (unpaired) electrons. The molecule has 1 aromatic heterocycles. The number of rotatable bonds is 5. The van der Waals surface area contributed by atoms with E-state index in [1.54, 1.807) is 11.3 Å². The fraction of sp³-hybridized carbons (Fsp3) is 0.636. The van der Waals surface area contributed by atoms with Gasteiger partial charge in [-0.2, -0.15) is 11.3 Å². The van der Waals surface area contributed by atoms with Gasteiger partial charge in [-0.25, -0.2) is 0 Å². The van der Waals surface area contributed by atoms with Gasteiger partial charge in [-0.05, 0) is 34.7 Å². The largest absolute Gasteiger partial charge is 0.327 e. The van der Waals surface area contributed by atoms with Crippen molar-refractivity contribution in [2.75, 3.05) is 0 Å². The van der Waals surface area contributed by atoms with E-state index < -0.39 is 0 Å². The van der Waals surface area contributed by atoms with Crippen LogP contribution in [0.4, 0.5) is 0 Å². The van der Waals surface area contributed by atoms with Gasteiger partial charge in [0.05, 0.1) is 0 Å². The lowest BCUT2D eigenvalue weighted by Gasteiger charge is -2.20. The van der Waals surface area contributed by atoms with Crippen molar-refractivity contribution in [3.8, 4) is 0 Å². The third-order valence-electron chi connectivity index (χ3n) is 2.71. The molecule has 0 saturated carbocycles. The summed E-state index contributed by atoms with van der Waals surface area (Å²) in [4.78, 5) is 0. The monoisotopic (exact) mass is 197 g/mol. The van der Waals surface area contributed by atoms with E-state index in [4.69, 9.17) is 5.73 Å². The molecule has 0 saturated heterocycles. The predicted molar refractivity (Wildman–Crippen MR) is 60.1 cm³/mol. The minimum absolute atomic E-state index is 0.338. The topological polar surface area (TPSA) is 26.0 Å². The molecule has 0 aliphatic heterocycles. The van der Waals surface area contributed by atoms with Crippen molar-refractivity contribution in [1.82, 2.24) is 0 Å². The molecule has 0 amide bonds. The molecule has 1 aromatic rings. The zero-order valence-corrected chi connectivity index (χ0v) is 9.31. The molecule has 2 heteroatoms. The Hall–Kier alpha value is -0.340. The number of thiophene rings is 1. The van der Waals surface area contributed by atoms with E-state index in [1.165, 1.54) is 18.4 Å². The Bertz CT molecular complexity index is 214. The zero-order valence-electron chi connectivity index (χ0n) is 8.49. The molecule has 1 heterocycles. The molecule has 0 bridgehead atoms. The highest BCUT2D eigenvalue weighted by Gasteiger charge is 2.14. The van der Waals surface area contributed by atoms with Crippen molar-refractivity contribution in [2.45, 2.75) is 39.2 Å². The van der Waals surface area contributed by atoms with Crippen LogP contribution in [0.1, 0.15) is 32.3 Å². The summed E-state index contributed by atoms with van der Waals surface area (Å²) >= 11 is 1.75. The second-order valence-electron chi connectivity index (χ2n) is 3.58. The van der Waals surface area contributed by atoms with Crippen LogP contribution < -0.4 is 5.73 Å². The van der Waals surface area contributed by atoms with Crippen LogP contribution in [0.25, 0.3) is 0 Å². The van der Waals surface area contributed by atoms with E-state index in [2.05, 4.69) is 30.7 Å². The first-order valence-corrected chi connectivity index (χ1v) is 5.98. The molecular formula is C11H19NS. The Morgan fingerprint density at radius 3 is 2.54 bits per heavy atom. The van der Waals surface area contributed by atoms with Crippen LogP contribution in [0.3, 0.4) is 0 Å². The Labute approximate surface area is 85.0 Å². The molecule has 74 valence electrons. The Morgan fingerprint density at radius 2 is 2.08 bits per heavy atom. The summed E-state index contributed by atoms with van der Waals surface area (Å²) in [5.74, 6) is 0.680. The number of hydrogen-bond donors (Lipinski definition) is 1. The first-order chi connectivity index (χ1) is 6.27. The van der Waals surface area contributed by atoms with Crippen molar-refractivity contribution in [2.24, 2.45) is 11.7 Å².